The third-order valence-corrected chi connectivity index (χ3v) is 5.67. The summed E-state index contributed by atoms with van der Waals surface area (Å²) in [5, 5.41) is 2.49. The zero-order chi connectivity index (χ0) is 17.2. The van der Waals surface area contributed by atoms with Gasteiger partial charge in [0.15, 0.2) is 0 Å². The summed E-state index contributed by atoms with van der Waals surface area (Å²) in [5.74, 6) is -1.81. The molecular formula is C16H13ClF3NO3. The van der Waals surface area contributed by atoms with E-state index in [1.807, 2.05) is 0 Å². The van der Waals surface area contributed by atoms with Crippen molar-refractivity contribution in [1.82, 2.24) is 0 Å². The van der Waals surface area contributed by atoms with Gasteiger partial charge in [-0.05, 0) is 37.0 Å². The number of hydrogen-bond acceptors (Lipinski definition) is 3. The van der Waals surface area contributed by atoms with E-state index in [4.69, 9.17) is 16.3 Å². The van der Waals surface area contributed by atoms with Gasteiger partial charge in [-0.25, -0.2) is 0 Å². The number of alkyl halides is 3. The van der Waals surface area contributed by atoms with Gasteiger partial charge in [0.25, 0.3) is 0 Å². The molecule has 4 rings (SSSR count). The summed E-state index contributed by atoms with van der Waals surface area (Å²) >= 11 is 5.91. The molecule has 0 spiro atoms. The maximum atomic E-state index is 12.8. The predicted octanol–water partition coefficient (Wildman–Crippen LogP) is 3.49. The van der Waals surface area contributed by atoms with E-state index in [0.717, 1.165) is 24.6 Å². The predicted molar refractivity (Wildman–Crippen MR) is 78.2 cm³/mol. The van der Waals surface area contributed by atoms with Gasteiger partial charge in [-0.1, -0.05) is 11.6 Å². The molecule has 1 saturated heterocycles. The molecule has 5 atom stereocenters. The second kappa shape index (κ2) is 5.12. The number of anilines is 1. The van der Waals surface area contributed by atoms with Crippen molar-refractivity contribution in [3.63, 3.8) is 0 Å². The second-order valence-electron chi connectivity index (χ2n) is 6.60. The lowest BCUT2D eigenvalue weighted by Crippen LogP contribution is -2.36. The van der Waals surface area contributed by atoms with Crippen LogP contribution in [0, 0.1) is 23.7 Å². The maximum absolute atomic E-state index is 12.8. The molecule has 4 nitrogen and oxygen atoms in total. The van der Waals surface area contributed by atoms with E-state index in [2.05, 4.69) is 5.32 Å². The molecule has 1 heterocycles. The van der Waals surface area contributed by atoms with Crippen LogP contribution in [0.4, 0.5) is 18.9 Å². The summed E-state index contributed by atoms with van der Waals surface area (Å²) < 4.78 is 43.7. The number of carbonyl (C=O) groups is 2. The van der Waals surface area contributed by atoms with E-state index >= 15 is 0 Å². The van der Waals surface area contributed by atoms with Crippen LogP contribution < -0.4 is 5.32 Å². The minimum atomic E-state index is -4.53. The summed E-state index contributed by atoms with van der Waals surface area (Å²) in [7, 11) is 0. The molecule has 3 fully saturated rings. The first kappa shape index (κ1) is 15.7. The Balaban J connectivity index is 1.58. The van der Waals surface area contributed by atoms with Gasteiger partial charge in [-0.2, -0.15) is 13.2 Å². The Kier molecular flexibility index (Phi) is 3.36. The van der Waals surface area contributed by atoms with E-state index in [1.54, 1.807) is 0 Å². The lowest BCUT2D eigenvalue weighted by Gasteiger charge is -2.24. The van der Waals surface area contributed by atoms with Crippen molar-refractivity contribution in [1.29, 1.82) is 0 Å². The lowest BCUT2D eigenvalue weighted by molar-refractivity contribution is -0.145. The minimum absolute atomic E-state index is 0.0198. The third kappa shape index (κ3) is 2.29. The standard InChI is InChI=1S/C16H13ClF3NO3/c17-9-2-1-7(16(18,19)20)5-10(9)21-14(22)12-6-3-8-11(4-6)24-15(23)13(8)12/h1-2,5-6,8,11-13H,3-4H2,(H,21,22)/t6-,8+,11-,12+,13+/m1/s1. The zero-order valence-corrected chi connectivity index (χ0v) is 13.0. The number of ether oxygens (including phenoxy) is 1. The topological polar surface area (TPSA) is 55.4 Å². The first-order valence-corrected chi connectivity index (χ1v) is 8.01. The summed E-state index contributed by atoms with van der Waals surface area (Å²) in [6.07, 6.45) is -3.25. The van der Waals surface area contributed by atoms with Crippen molar-refractivity contribution in [2.45, 2.75) is 25.1 Å². The molecule has 1 amide bonds. The van der Waals surface area contributed by atoms with Crippen LogP contribution in [0.1, 0.15) is 18.4 Å². The highest BCUT2D eigenvalue weighted by molar-refractivity contribution is 6.33. The molecular weight excluding hydrogens is 347 g/mol. The van der Waals surface area contributed by atoms with Crippen molar-refractivity contribution in [3.05, 3.63) is 28.8 Å². The van der Waals surface area contributed by atoms with Gasteiger partial charge < -0.3 is 10.1 Å². The molecule has 0 aromatic heterocycles. The molecule has 128 valence electrons. The second-order valence-corrected chi connectivity index (χ2v) is 7.01. The average Bonchev–Trinajstić information content (AvgIpc) is 3.09. The highest BCUT2D eigenvalue weighted by Crippen LogP contribution is 2.57. The number of benzene rings is 1. The fraction of sp³-hybridized carbons (Fsp3) is 0.500. The molecule has 0 radical (unpaired) electrons. The maximum Gasteiger partial charge on any atom is 0.416 e. The summed E-state index contributed by atoms with van der Waals surface area (Å²) in [6, 6.07) is 2.76. The Bertz CT molecular complexity index is 734. The van der Waals surface area contributed by atoms with Gasteiger partial charge >= 0.3 is 12.1 Å². The third-order valence-electron chi connectivity index (χ3n) is 5.34. The Hall–Kier alpha value is -1.76. The van der Waals surface area contributed by atoms with E-state index < -0.39 is 29.5 Å². The lowest BCUT2D eigenvalue weighted by atomic mass is 9.79. The summed E-state index contributed by atoms with van der Waals surface area (Å²) in [4.78, 5) is 24.5. The molecule has 1 aromatic carbocycles. The van der Waals surface area contributed by atoms with Gasteiger partial charge in [-0.15, -0.1) is 0 Å². The van der Waals surface area contributed by atoms with E-state index in [1.165, 1.54) is 0 Å². The van der Waals surface area contributed by atoms with E-state index in [9.17, 15) is 22.8 Å². The van der Waals surface area contributed by atoms with Crippen LogP contribution >= 0.6 is 11.6 Å². The number of rotatable bonds is 2. The Morgan fingerprint density at radius 1 is 1.29 bits per heavy atom. The largest absolute Gasteiger partial charge is 0.462 e. The minimum Gasteiger partial charge on any atom is -0.462 e. The fourth-order valence-corrected chi connectivity index (χ4v) is 4.54. The number of esters is 1. The van der Waals surface area contributed by atoms with Gasteiger partial charge in [-0.3, -0.25) is 9.59 Å². The number of nitrogens with one attached hydrogen (secondary N) is 1. The Morgan fingerprint density at radius 3 is 2.75 bits per heavy atom. The SMILES string of the molecule is O=C(Nc1cc(C(F)(F)F)ccc1Cl)[C@H]1[C@@H]2C[C@@H]3[C@@H]1C(=O)O[C@@H]3C2. The highest BCUT2D eigenvalue weighted by atomic mass is 35.5. The van der Waals surface area contributed by atoms with Crippen molar-refractivity contribution in [2.24, 2.45) is 23.7 Å². The molecule has 1 aromatic rings. The average molecular weight is 360 g/mol. The van der Waals surface area contributed by atoms with Crippen LogP contribution in [0.5, 0.6) is 0 Å². The Labute approximate surface area is 140 Å². The monoisotopic (exact) mass is 359 g/mol. The quantitative estimate of drug-likeness (QED) is 0.822. The summed E-state index contributed by atoms with van der Waals surface area (Å²) in [6.45, 7) is 0. The van der Waals surface area contributed by atoms with Gasteiger partial charge in [0.1, 0.15) is 6.10 Å². The number of carbonyl (C=O) groups excluding carboxylic acids is 2. The molecule has 2 bridgehead atoms. The number of hydrogen-bond donors (Lipinski definition) is 1. The van der Waals surface area contributed by atoms with E-state index in [-0.39, 0.29) is 34.6 Å². The van der Waals surface area contributed by atoms with Crippen LogP contribution in [0.15, 0.2) is 18.2 Å². The zero-order valence-electron chi connectivity index (χ0n) is 12.3. The fourth-order valence-electron chi connectivity index (χ4n) is 4.38. The molecule has 8 heteroatoms. The van der Waals surface area contributed by atoms with Crippen molar-refractivity contribution in [3.8, 4) is 0 Å². The number of amides is 1. The van der Waals surface area contributed by atoms with Crippen LogP contribution in [-0.4, -0.2) is 18.0 Å². The van der Waals surface area contributed by atoms with Crippen LogP contribution in [-0.2, 0) is 20.5 Å². The van der Waals surface area contributed by atoms with Crippen LogP contribution in [0.3, 0.4) is 0 Å². The van der Waals surface area contributed by atoms with Crippen LogP contribution in [0.2, 0.25) is 5.02 Å². The number of fused-ring (bicyclic) bond motifs is 1. The molecule has 2 saturated carbocycles. The van der Waals surface area contributed by atoms with Gasteiger partial charge in [0.2, 0.25) is 5.91 Å². The Morgan fingerprint density at radius 2 is 2.04 bits per heavy atom. The number of halogens is 4. The summed E-state index contributed by atoms with van der Waals surface area (Å²) in [5.41, 5.74) is -0.988. The van der Waals surface area contributed by atoms with Crippen molar-refractivity contribution >= 4 is 29.2 Å². The highest BCUT2D eigenvalue weighted by Gasteiger charge is 2.63. The smallest absolute Gasteiger partial charge is 0.416 e. The van der Waals surface area contributed by atoms with Gasteiger partial charge in [0.05, 0.1) is 28.1 Å². The van der Waals surface area contributed by atoms with Crippen LogP contribution in [0.25, 0.3) is 0 Å². The molecule has 1 aliphatic heterocycles. The first-order chi connectivity index (χ1) is 11.3. The molecule has 24 heavy (non-hydrogen) atoms. The normalized spacial score (nSPS) is 33.7. The molecule has 1 N–H and O–H groups in total. The van der Waals surface area contributed by atoms with E-state index in [0.29, 0.717) is 6.42 Å². The molecule has 2 aliphatic carbocycles. The van der Waals surface area contributed by atoms with Crippen molar-refractivity contribution in [2.75, 3.05) is 5.32 Å². The molecule has 0 unspecified atom stereocenters. The first-order valence-electron chi connectivity index (χ1n) is 7.64. The van der Waals surface area contributed by atoms with Crippen molar-refractivity contribution < 1.29 is 27.5 Å². The van der Waals surface area contributed by atoms with Gasteiger partial charge in [0, 0.05) is 5.92 Å². The molecule has 3 aliphatic rings.